The first-order valence-corrected chi connectivity index (χ1v) is 11.1. The van der Waals surface area contributed by atoms with Gasteiger partial charge in [-0.15, -0.1) is 10.2 Å². The van der Waals surface area contributed by atoms with Crippen molar-refractivity contribution in [2.45, 2.75) is 43.8 Å². The number of thioether (sulfide) groups is 1. The minimum absolute atomic E-state index is 0.0734. The van der Waals surface area contributed by atoms with Crippen LogP contribution in [0.2, 0.25) is 0 Å². The van der Waals surface area contributed by atoms with Crippen molar-refractivity contribution in [1.29, 1.82) is 0 Å². The molecular weight excluding hydrogens is 404 g/mol. The number of pyridine rings is 1. The van der Waals surface area contributed by atoms with Crippen LogP contribution in [0, 0.1) is 5.92 Å². The number of carbonyl (C=O) groups is 2. The van der Waals surface area contributed by atoms with Crippen LogP contribution in [0.25, 0.3) is 11.4 Å². The summed E-state index contributed by atoms with van der Waals surface area (Å²) in [5.41, 5.74) is 0.900. The predicted molar refractivity (Wildman–Crippen MR) is 114 cm³/mol. The van der Waals surface area contributed by atoms with E-state index in [-0.39, 0.29) is 17.7 Å². The second kappa shape index (κ2) is 11.1. The summed E-state index contributed by atoms with van der Waals surface area (Å²) in [5, 5.41) is 14.3. The fraction of sp³-hybridized carbons (Fsp3) is 0.550. The lowest BCUT2D eigenvalue weighted by Gasteiger charge is -2.31. The number of aromatic nitrogens is 4. The van der Waals surface area contributed by atoms with Gasteiger partial charge in [0.1, 0.15) is 0 Å². The summed E-state index contributed by atoms with van der Waals surface area (Å²) >= 11 is 1.29. The minimum atomic E-state index is -0.531. The first-order chi connectivity index (χ1) is 14.6. The summed E-state index contributed by atoms with van der Waals surface area (Å²) in [7, 11) is 1.55. The van der Waals surface area contributed by atoms with Gasteiger partial charge in [0, 0.05) is 37.7 Å². The fourth-order valence-corrected chi connectivity index (χ4v) is 4.44. The monoisotopic (exact) mass is 432 g/mol. The molecule has 3 rings (SSSR count). The molecule has 0 saturated heterocycles. The Labute approximate surface area is 180 Å². The van der Waals surface area contributed by atoms with Gasteiger partial charge in [-0.25, -0.2) is 4.79 Å². The van der Waals surface area contributed by atoms with Crippen LogP contribution < -0.4 is 10.6 Å². The second-order valence-electron chi connectivity index (χ2n) is 7.33. The number of rotatable bonds is 8. The quantitative estimate of drug-likeness (QED) is 0.487. The standard InChI is InChI=1S/C20H28N6O3S/c1-14-6-3-4-8-16(14)26-18(15-7-5-9-21-12-15)24-25-20(26)30-13-17(27)23-19(28)22-10-11-29-2/h5,7,9,12,14,16H,3-4,6,8,10-11,13H2,1-2H3,(H2,22,23,27,28)/t14-,16+/m1/s1. The Morgan fingerprint density at radius 2 is 2.13 bits per heavy atom. The Kier molecular flexibility index (Phi) is 8.21. The maximum atomic E-state index is 12.2. The van der Waals surface area contributed by atoms with Crippen LogP contribution in [0.5, 0.6) is 0 Å². The topological polar surface area (TPSA) is 111 Å². The van der Waals surface area contributed by atoms with Gasteiger partial charge in [0.25, 0.3) is 0 Å². The third-order valence-electron chi connectivity index (χ3n) is 5.16. The third kappa shape index (κ3) is 5.79. The molecular formula is C20H28N6O3S. The van der Waals surface area contributed by atoms with Crippen LogP contribution in [-0.4, -0.2) is 57.7 Å². The molecule has 0 radical (unpaired) electrons. The molecule has 3 amide bonds. The van der Waals surface area contributed by atoms with E-state index >= 15 is 0 Å². The molecule has 9 nitrogen and oxygen atoms in total. The van der Waals surface area contributed by atoms with E-state index in [0.29, 0.717) is 24.2 Å². The molecule has 30 heavy (non-hydrogen) atoms. The van der Waals surface area contributed by atoms with Gasteiger partial charge in [-0.05, 0) is 30.9 Å². The molecule has 2 N–H and O–H groups in total. The van der Waals surface area contributed by atoms with Gasteiger partial charge >= 0.3 is 6.03 Å². The zero-order valence-corrected chi connectivity index (χ0v) is 18.2. The number of amides is 3. The summed E-state index contributed by atoms with van der Waals surface area (Å²) in [5.74, 6) is 0.945. The maximum absolute atomic E-state index is 12.2. The van der Waals surface area contributed by atoms with Crippen molar-refractivity contribution in [3.05, 3.63) is 24.5 Å². The highest BCUT2D eigenvalue weighted by Crippen LogP contribution is 2.38. The van der Waals surface area contributed by atoms with Gasteiger partial charge in [-0.1, -0.05) is 31.5 Å². The highest BCUT2D eigenvalue weighted by atomic mass is 32.2. The second-order valence-corrected chi connectivity index (χ2v) is 8.28. The van der Waals surface area contributed by atoms with E-state index in [1.165, 1.54) is 18.2 Å². The van der Waals surface area contributed by atoms with Crippen LogP contribution in [0.3, 0.4) is 0 Å². The van der Waals surface area contributed by atoms with Gasteiger partial charge in [-0.2, -0.15) is 0 Å². The number of ether oxygens (including phenoxy) is 1. The summed E-state index contributed by atoms with van der Waals surface area (Å²) in [6, 6.07) is 3.58. The van der Waals surface area contributed by atoms with Gasteiger partial charge in [0.05, 0.1) is 12.4 Å². The van der Waals surface area contributed by atoms with E-state index in [1.54, 1.807) is 19.5 Å². The van der Waals surface area contributed by atoms with E-state index < -0.39 is 6.03 Å². The van der Waals surface area contributed by atoms with Crippen molar-refractivity contribution in [1.82, 2.24) is 30.4 Å². The van der Waals surface area contributed by atoms with Crippen LogP contribution in [-0.2, 0) is 9.53 Å². The molecule has 2 aromatic heterocycles. The molecule has 0 spiro atoms. The Morgan fingerprint density at radius 3 is 2.87 bits per heavy atom. The zero-order valence-electron chi connectivity index (χ0n) is 17.3. The first-order valence-electron chi connectivity index (χ1n) is 10.1. The summed E-state index contributed by atoms with van der Waals surface area (Å²) in [6.45, 7) is 2.98. The smallest absolute Gasteiger partial charge is 0.321 e. The largest absolute Gasteiger partial charge is 0.383 e. The van der Waals surface area contributed by atoms with Crippen molar-refractivity contribution in [2.75, 3.05) is 26.0 Å². The molecule has 1 fully saturated rings. The molecule has 2 atom stereocenters. The number of methoxy groups -OCH3 is 1. The Balaban J connectivity index is 1.72. The lowest BCUT2D eigenvalue weighted by Crippen LogP contribution is -2.41. The number of hydrogen-bond acceptors (Lipinski definition) is 7. The Bertz CT molecular complexity index is 844. The molecule has 162 valence electrons. The lowest BCUT2D eigenvalue weighted by molar-refractivity contribution is -0.117. The summed E-state index contributed by atoms with van der Waals surface area (Å²) in [6.07, 6.45) is 8.09. The van der Waals surface area contributed by atoms with Gasteiger partial charge in [0.15, 0.2) is 11.0 Å². The van der Waals surface area contributed by atoms with E-state index in [9.17, 15) is 9.59 Å². The minimum Gasteiger partial charge on any atom is -0.383 e. The van der Waals surface area contributed by atoms with Crippen molar-refractivity contribution in [3.8, 4) is 11.4 Å². The molecule has 1 aliphatic rings. The first kappa shape index (κ1) is 22.2. The van der Waals surface area contributed by atoms with Crippen LogP contribution in [0.1, 0.15) is 38.6 Å². The third-order valence-corrected chi connectivity index (χ3v) is 6.10. The Hall–Kier alpha value is -2.46. The van der Waals surface area contributed by atoms with E-state index in [4.69, 9.17) is 4.74 Å². The molecule has 0 aromatic carbocycles. The van der Waals surface area contributed by atoms with E-state index in [0.717, 1.165) is 30.7 Å². The number of carbonyl (C=O) groups excluding carboxylic acids is 2. The molecule has 1 aliphatic carbocycles. The average Bonchev–Trinajstić information content (AvgIpc) is 3.17. The van der Waals surface area contributed by atoms with Crippen molar-refractivity contribution in [3.63, 3.8) is 0 Å². The number of nitrogens with one attached hydrogen (secondary N) is 2. The van der Waals surface area contributed by atoms with Gasteiger partial charge in [0.2, 0.25) is 5.91 Å². The Morgan fingerprint density at radius 1 is 1.30 bits per heavy atom. The predicted octanol–water partition coefficient (Wildman–Crippen LogP) is 2.66. The van der Waals surface area contributed by atoms with Crippen molar-refractivity contribution in [2.24, 2.45) is 5.92 Å². The van der Waals surface area contributed by atoms with Gasteiger partial charge in [-0.3, -0.25) is 19.7 Å². The van der Waals surface area contributed by atoms with E-state index in [2.05, 4.69) is 37.3 Å². The molecule has 0 unspecified atom stereocenters. The summed E-state index contributed by atoms with van der Waals surface area (Å²) in [4.78, 5) is 28.1. The molecule has 0 aliphatic heterocycles. The van der Waals surface area contributed by atoms with Crippen LogP contribution in [0.15, 0.2) is 29.7 Å². The highest BCUT2D eigenvalue weighted by Gasteiger charge is 2.29. The highest BCUT2D eigenvalue weighted by molar-refractivity contribution is 7.99. The molecule has 2 heterocycles. The summed E-state index contributed by atoms with van der Waals surface area (Å²) < 4.78 is 7.02. The number of nitrogens with zero attached hydrogens (tertiary/aromatic N) is 4. The number of urea groups is 1. The maximum Gasteiger partial charge on any atom is 0.321 e. The van der Waals surface area contributed by atoms with Crippen LogP contribution >= 0.6 is 11.8 Å². The van der Waals surface area contributed by atoms with Gasteiger partial charge < -0.3 is 10.1 Å². The van der Waals surface area contributed by atoms with Crippen LogP contribution in [0.4, 0.5) is 4.79 Å². The average molecular weight is 433 g/mol. The number of hydrogen-bond donors (Lipinski definition) is 2. The number of imide groups is 1. The molecule has 0 bridgehead atoms. The molecule has 1 saturated carbocycles. The SMILES string of the molecule is COCCNC(=O)NC(=O)CSc1nnc(-c2cccnc2)n1[C@H]1CCCC[C@H]1C. The lowest BCUT2D eigenvalue weighted by atomic mass is 9.85. The van der Waals surface area contributed by atoms with Crippen molar-refractivity contribution < 1.29 is 14.3 Å². The normalized spacial score (nSPS) is 18.7. The van der Waals surface area contributed by atoms with E-state index in [1.807, 2.05) is 12.1 Å². The molecule has 10 heteroatoms. The zero-order chi connectivity index (χ0) is 21.3. The van der Waals surface area contributed by atoms with Crippen molar-refractivity contribution >= 4 is 23.7 Å². The fourth-order valence-electron chi connectivity index (χ4n) is 3.65. The molecule has 2 aromatic rings.